The maximum Gasteiger partial charge on any atom is 0.286 e. The van der Waals surface area contributed by atoms with E-state index in [0.29, 0.717) is 11.4 Å². The summed E-state index contributed by atoms with van der Waals surface area (Å²) in [6.45, 7) is 0. The van der Waals surface area contributed by atoms with E-state index in [2.05, 4.69) is 15.8 Å². The highest BCUT2D eigenvalue weighted by atomic mass is 16.5. The number of aromatic amines is 1. The number of nitrogens with one attached hydrogen (secondary N) is 3. The van der Waals surface area contributed by atoms with Crippen LogP contribution in [0.25, 0.3) is 6.08 Å². The minimum Gasteiger partial charge on any atom is -0.497 e. The Morgan fingerprint density at radius 3 is 2.76 bits per heavy atom. The molecule has 0 aliphatic heterocycles. The molecule has 0 aliphatic rings. The number of benzene rings is 1. The molecule has 1 aromatic carbocycles. The van der Waals surface area contributed by atoms with Gasteiger partial charge in [0.25, 0.3) is 11.8 Å². The fraction of sp³-hybridized carbons (Fsp3) is 0.0667. The van der Waals surface area contributed by atoms with Crippen molar-refractivity contribution < 1.29 is 14.3 Å². The number of H-pyrrole nitrogens is 1. The fourth-order valence-electron chi connectivity index (χ4n) is 1.62. The number of amides is 2. The van der Waals surface area contributed by atoms with E-state index in [0.717, 1.165) is 5.56 Å². The minimum absolute atomic E-state index is 0.368. The second kappa shape index (κ2) is 6.95. The van der Waals surface area contributed by atoms with Gasteiger partial charge in [-0.1, -0.05) is 12.1 Å². The third kappa shape index (κ3) is 4.24. The minimum atomic E-state index is -0.433. The lowest BCUT2D eigenvalue weighted by atomic mass is 10.2. The lowest BCUT2D eigenvalue weighted by Gasteiger charge is -2.03. The van der Waals surface area contributed by atoms with Crippen LogP contribution in [0.15, 0.2) is 48.7 Å². The molecule has 2 amide bonds. The number of carbonyl (C=O) groups is 2. The molecule has 2 rings (SSSR count). The monoisotopic (exact) mass is 285 g/mol. The standard InChI is InChI=1S/C15H15N3O3/c1-21-12-5-2-4-11(10-12)7-8-14(19)17-18-15(20)13-6-3-9-16-13/h2-10,16H,1H3,(H,17,19)(H,18,20)/b8-7+. The Bertz CT molecular complexity index is 648. The zero-order valence-corrected chi connectivity index (χ0v) is 11.4. The molecule has 3 N–H and O–H groups in total. The second-order valence-electron chi connectivity index (χ2n) is 4.14. The number of ether oxygens (including phenoxy) is 1. The van der Waals surface area contributed by atoms with Crippen molar-refractivity contribution in [2.24, 2.45) is 0 Å². The van der Waals surface area contributed by atoms with Gasteiger partial charge in [-0.15, -0.1) is 0 Å². The largest absolute Gasteiger partial charge is 0.497 e. The van der Waals surface area contributed by atoms with Crippen LogP contribution in [-0.4, -0.2) is 23.9 Å². The molecule has 0 aliphatic carbocycles. The average Bonchev–Trinajstić information content (AvgIpc) is 3.05. The van der Waals surface area contributed by atoms with Crippen molar-refractivity contribution in [2.45, 2.75) is 0 Å². The van der Waals surface area contributed by atoms with Crippen LogP contribution < -0.4 is 15.6 Å². The van der Waals surface area contributed by atoms with Gasteiger partial charge < -0.3 is 9.72 Å². The Balaban J connectivity index is 1.86. The summed E-state index contributed by atoms with van der Waals surface area (Å²) < 4.78 is 5.09. The summed E-state index contributed by atoms with van der Waals surface area (Å²) in [5.41, 5.74) is 5.78. The van der Waals surface area contributed by atoms with Crippen LogP contribution in [0, 0.1) is 0 Å². The Labute approximate surface area is 121 Å². The molecule has 21 heavy (non-hydrogen) atoms. The van der Waals surface area contributed by atoms with E-state index in [1.165, 1.54) is 6.08 Å². The van der Waals surface area contributed by atoms with Crippen LogP contribution in [0.3, 0.4) is 0 Å². The zero-order valence-electron chi connectivity index (χ0n) is 11.4. The number of aromatic nitrogens is 1. The first-order chi connectivity index (χ1) is 10.2. The van der Waals surface area contributed by atoms with Crippen molar-refractivity contribution in [3.8, 4) is 5.75 Å². The Kier molecular flexibility index (Phi) is 4.76. The summed E-state index contributed by atoms with van der Waals surface area (Å²) in [6, 6.07) is 10.6. The van der Waals surface area contributed by atoms with E-state index < -0.39 is 11.8 Å². The third-order valence-corrected chi connectivity index (χ3v) is 2.66. The lowest BCUT2D eigenvalue weighted by Crippen LogP contribution is -2.40. The predicted molar refractivity (Wildman–Crippen MR) is 78.4 cm³/mol. The van der Waals surface area contributed by atoms with Gasteiger partial charge in [-0.3, -0.25) is 20.4 Å². The number of hydrazine groups is 1. The van der Waals surface area contributed by atoms with Crippen LogP contribution in [0.2, 0.25) is 0 Å². The smallest absolute Gasteiger partial charge is 0.286 e. The fourth-order valence-corrected chi connectivity index (χ4v) is 1.62. The highest BCUT2D eigenvalue weighted by Crippen LogP contribution is 2.13. The molecule has 0 unspecified atom stereocenters. The summed E-state index contributed by atoms with van der Waals surface area (Å²) in [4.78, 5) is 25.9. The predicted octanol–water partition coefficient (Wildman–Crippen LogP) is 1.50. The van der Waals surface area contributed by atoms with Gasteiger partial charge in [-0.2, -0.15) is 0 Å². The van der Waals surface area contributed by atoms with E-state index in [-0.39, 0.29) is 0 Å². The van der Waals surface area contributed by atoms with Gasteiger partial charge in [0, 0.05) is 12.3 Å². The van der Waals surface area contributed by atoms with Crippen molar-refractivity contribution in [1.82, 2.24) is 15.8 Å². The lowest BCUT2D eigenvalue weighted by molar-refractivity contribution is -0.117. The topological polar surface area (TPSA) is 83.2 Å². The molecule has 0 radical (unpaired) electrons. The molecule has 0 bridgehead atoms. The number of hydrogen-bond acceptors (Lipinski definition) is 3. The number of methoxy groups -OCH3 is 1. The molecule has 0 fully saturated rings. The number of rotatable bonds is 4. The van der Waals surface area contributed by atoms with Crippen molar-refractivity contribution in [3.63, 3.8) is 0 Å². The quantitative estimate of drug-likeness (QED) is 0.588. The molecule has 0 saturated carbocycles. The normalized spacial score (nSPS) is 10.3. The van der Waals surface area contributed by atoms with E-state index in [1.54, 1.807) is 37.6 Å². The van der Waals surface area contributed by atoms with Gasteiger partial charge in [0.05, 0.1) is 7.11 Å². The molecule has 1 heterocycles. The van der Waals surface area contributed by atoms with Crippen molar-refractivity contribution in [1.29, 1.82) is 0 Å². The van der Waals surface area contributed by atoms with Crippen LogP contribution >= 0.6 is 0 Å². The van der Waals surface area contributed by atoms with Crippen molar-refractivity contribution in [3.05, 3.63) is 59.9 Å². The Morgan fingerprint density at radius 2 is 2.05 bits per heavy atom. The van der Waals surface area contributed by atoms with Gasteiger partial charge in [0.2, 0.25) is 0 Å². The first-order valence-corrected chi connectivity index (χ1v) is 6.25. The van der Waals surface area contributed by atoms with Gasteiger partial charge in [0.15, 0.2) is 0 Å². The summed E-state index contributed by atoms with van der Waals surface area (Å²) in [5, 5.41) is 0. The number of hydrogen-bond donors (Lipinski definition) is 3. The molecule has 6 nitrogen and oxygen atoms in total. The van der Waals surface area contributed by atoms with Gasteiger partial charge >= 0.3 is 0 Å². The molecule has 2 aromatic rings. The Morgan fingerprint density at radius 1 is 1.19 bits per heavy atom. The second-order valence-corrected chi connectivity index (χ2v) is 4.14. The molecule has 0 spiro atoms. The first kappa shape index (κ1) is 14.4. The van der Waals surface area contributed by atoms with E-state index in [4.69, 9.17) is 4.74 Å². The summed E-state index contributed by atoms with van der Waals surface area (Å²) in [6.07, 6.45) is 4.57. The molecule has 0 saturated heterocycles. The SMILES string of the molecule is COc1cccc(/C=C/C(=O)NNC(=O)c2ccc[nH]2)c1. The third-order valence-electron chi connectivity index (χ3n) is 2.66. The van der Waals surface area contributed by atoms with Gasteiger partial charge in [0.1, 0.15) is 11.4 Å². The maximum atomic E-state index is 11.6. The van der Waals surface area contributed by atoms with Gasteiger partial charge in [-0.25, -0.2) is 0 Å². The molecular weight excluding hydrogens is 270 g/mol. The molecule has 0 atom stereocenters. The molecule has 108 valence electrons. The average molecular weight is 285 g/mol. The summed E-state index contributed by atoms with van der Waals surface area (Å²) in [5.74, 6) is -0.140. The van der Waals surface area contributed by atoms with Crippen LogP contribution in [0.1, 0.15) is 16.1 Å². The summed E-state index contributed by atoms with van der Waals surface area (Å²) in [7, 11) is 1.58. The number of carbonyl (C=O) groups excluding carboxylic acids is 2. The molecule has 6 heteroatoms. The van der Waals surface area contributed by atoms with Crippen LogP contribution in [0.4, 0.5) is 0 Å². The maximum absolute atomic E-state index is 11.6. The molecular formula is C15H15N3O3. The van der Waals surface area contributed by atoms with E-state index in [1.807, 2.05) is 18.2 Å². The van der Waals surface area contributed by atoms with Crippen LogP contribution in [0.5, 0.6) is 5.75 Å². The van der Waals surface area contributed by atoms with Crippen LogP contribution in [-0.2, 0) is 4.79 Å². The summed E-state index contributed by atoms with van der Waals surface area (Å²) >= 11 is 0. The highest BCUT2D eigenvalue weighted by molar-refractivity contribution is 5.96. The first-order valence-electron chi connectivity index (χ1n) is 6.25. The van der Waals surface area contributed by atoms with E-state index in [9.17, 15) is 9.59 Å². The van der Waals surface area contributed by atoms with Crippen molar-refractivity contribution >= 4 is 17.9 Å². The zero-order chi connectivity index (χ0) is 15.1. The molecule has 1 aromatic heterocycles. The van der Waals surface area contributed by atoms with Crippen molar-refractivity contribution in [2.75, 3.05) is 7.11 Å². The van der Waals surface area contributed by atoms with Gasteiger partial charge in [-0.05, 0) is 35.9 Å². The highest BCUT2D eigenvalue weighted by Gasteiger charge is 2.05. The van der Waals surface area contributed by atoms with E-state index >= 15 is 0 Å². The Hall–Kier alpha value is -3.02.